The highest BCUT2D eigenvalue weighted by Gasteiger charge is 2.17. The summed E-state index contributed by atoms with van der Waals surface area (Å²) in [6, 6.07) is 12.2. The van der Waals surface area contributed by atoms with Crippen molar-refractivity contribution in [2.45, 2.75) is 32.7 Å². The first kappa shape index (κ1) is 13.7. The lowest BCUT2D eigenvalue weighted by Crippen LogP contribution is -2.41. The van der Waals surface area contributed by atoms with Crippen LogP contribution in [0.2, 0.25) is 0 Å². The number of rotatable bonds is 2. The summed E-state index contributed by atoms with van der Waals surface area (Å²) in [5.74, 6) is 0.0122. The van der Waals surface area contributed by atoms with Crippen LogP contribution in [0.4, 0.5) is 0 Å². The Kier molecular flexibility index (Phi) is 3.20. The minimum absolute atomic E-state index is 0.0122. The minimum Gasteiger partial charge on any atom is -0.464 e. The van der Waals surface area contributed by atoms with Crippen molar-refractivity contribution >= 4 is 27.6 Å². The molecule has 1 aromatic heterocycles. The molecule has 0 saturated heterocycles. The molecule has 1 N–H and O–H groups in total. The first-order chi connectivity index (χ1) is 9.94. The van der Waals surface area contributed by atoms with Gasteiger partial charge in [0.25, 0.3) is 0 Å². The lowest BCUT2D eigenvalue weighted by atomic mass is 10.0. The van der Waals surface area contributed by atoms with E-state index in [1.54, 1.807) is 6.26 Å². The maximum atomic E-state index is 12.2. The molecule has 108 valence electrons. The Hall–Kier alpha value is -2.29. The minimum atomic E-state index is -0.224. The van der Waals surface area contributed by atoms with Crippen LogP contribution in [0.1, 0.15) is 26.3 Å². The molecule has 21 heavy (non-hydrogen) atoms. The maximum Gasteiger partial charge on any atom is 0.224 e. The monoisotopic (exact) mass is 281 g/mol. The van der Waals surface area contributed by atoms with Gasteiger partial charge < -0.3 is 9.73 Å². The normalized spacial score (nSPS) is 12.0. The van der Waals surface area contributed by atoms with Crippen LogP contribution in [0.3, 0.4) is 0 Å². The molecule has 0 spiro atoms. The molecule has 0 aliphatic heterocycles. The Morgan fingerprint density at radius 2 is 1.90 bits per heavy atom. The Morgan fingerprint density at radius 3 is 2.67 bits per heavy atom. The number of amides is 1. The number of furan rings is 1. The number of fused-ring (bicyclic) bond motifs is 3. The Labute approximate surface area is 123 Å². The third-order valence-corrected chi connectivity index (χ3v) is 3.41. The summed E-state index contributed by atoms with van der Waals surface area (Å²) in [6.45, 7) is 5.94. The first-order valence-electron chi connectivity index (χ1n) is 7.13. The Balaban J connectivity index is 2.03. The summed E-state index contributed by atoms with van der Waals surface area (Å²) >= 11 is 0. The van der Waals surface area contributed by atoms with E-state index >= 15 is 0 Å². The van der Waals surface area contributed by atoms with Crippen molar-refractivity contribution in [3.05, 3.63) is 48.2 Å². The fourth-order valence-electron chi connectivity index (χ4n) is 2.64. The maximum absolute atomic E-state index is 12.2. The van der Waals surface area contributed by atoms with Gasteiger partial charge in [-0.25, -0.2) is 0 Å². The van der Waals surface area contributed by atoms with Crippen LogP contribution in [0.15, 0.2) is 47.1 Å². The zero-order valence-corrected chi connectivity index (χ0v) is 12.6. The van der Waals surface area contributed by atoms with Crippen molar-refractivity contribution in [1.29, 1.82) is 0 Å². The molecule has 0 aliphatic rings. The lowest BCUT2D eigenvalue weighted by molar-refractivity contribution is -0.121. The van der Waals surface area contributed by atoms with E-state index < -0.39 is 0 Å². The van der Waals surface area contributed by atoms with Gasteiger partial charge in [-0.3, -0.25) is 4.79 Å². The van der Waals surface area contributed by atoms with Gasteiger partial charge >= 0.3 is 0 Å². The van der Waals surface area contributed by atoms with Crippen LogP contribution in [0, 0.1) is 0 Å². The van der Waals surface area contributed by atoms with Crippen molar-refractivity contribution in [1.82, 2.24) is 5.32 Å². The lowest BCUT2D eigenvalue weighted by Gasteiger charge is -2.20. The van der Waals surface area contributed by atoms with Crippen LogP contribution >= 0.6 is 0 Å². The molecule has 3 heteroatoms. The highest BCUT2D eigenvalue weighted by molar-refractivity contribution is 6.08. The van der Waals surface area contributed by atoms with Crippen molar-refractivity contribution < 1.29 is 9.21 Å². The smallest absolute Gasteiger partial charge is 0.224 e. The summed E-state index contributed by atoms with van der Waals surface area (Å²) in [5.41, 5.74) is 1.54. The van der Waals surface area contributed by atoms with Crippen LogP contribution in [-0.2, 0) is 11.2 Å². The third-order valence-electron chi connectivity index (χ3n) is 3.41. The summed E-state index contributed by atoms with van der Waals surface area (Å²) in [6.07, 6.45) is 2.03. The van der Waals surface area contributed by atoms with Gasteiger partial charge in [-0.15, -0.1) is 0 Å². The SMILES string of the molecule is CC(C)(C)NC(=O)Cc1coc2ccc3ccccc3c12. The molecular formula is C18H19NO2. The summed E-state index contributed by atoms with van der Waals surface area (Å²) in [4.78, 5) is 12.2. The van der Waals surface area contributed by atoms with Crippen molar-refractivity contribution in [2.24, 2.45) is 0 Å². The van der Waals surface area contributed by atoms with Gasteiger partial charge in [-0.2, -0.15) is 0 Å². The molecule has 0 aliphatic carbocycles. The summed E-state index contributed by atoms with van der Waals surface area (Å²) in [7, 11) is 0. The van der Waals surface area contributed by atoms with E-state index in [2.05, 4.69) is 17.4 Å². The van der Waals surface area contributed by atoms with E-state index in [1.165, 1.54) is 0 Å². The molecule has 3 rings (SSSR count). The van der Waals surface area contributed by atoms with Gasteiger partial charge in [0, 0.05) is 16.5 Å². The number of carbonyl (C=O) groups excluding carboxylic acids is 1. The molecule has 0 radical (unpaired) electrons. The molecule has 1 heterocycles. The summed E-state index contributed by atoms with van der Waals surface area (Å²) in [5, 5.41) is 6.31. The second-order valence-corrected chi connectivity index (χ2v) is 6.40. The fraction of sp³-hybridized carbons (Fsp3) is 0.278. The number of carbonyl (C=O) groups is 1. The van der Waals surface area contributed by atoms with Crippen molar-refractivity contribution in [2.75, 3.05) is 0 Å². The molecule has 0 atom stereocenters. The first-order valence-corrected chi connectivity index (χ1v) is 7.13. The van der Waals surface area contributed by atoms with Crippen molar-refractivity contribution in [3.8, 4) is 0 Å². The quantitative estimate of drug-likeness (QED) is 0.770. The predicted octanol–water partition coefficient (Wildman–Crippen LogP) is 4.04. The van der Waals surface area contributed by atoms with E-state index in [9.17, 15) is 4.79 Å². The second kappa shape index (κ2) is 4.92. The highest BCUT2D eigenvalue weighted by atomic mass is 16.3. The Bertz CT molecular complexity index is 809. The molecule has 0 bridgehead atoms. The van der Waals surface area contributed by atoms with Gasteiger partial charge in [0.05, 0.1) is 12.7 Å². The topological polar surface area (TPSA) is 42.2 Å². The second-order valence-electron chi connectivity index (χ2n) is 6.40. The van der Waals surface area contributed by atoms with Gasteiger partial charge in [-0.1, -0.05) is 30.3 Å². The van der Waals surface area contributed by atoms with Crippen LogP contribution in [-0.4, -0.2) is 11.4 Å². The molecule has 2 aromatic carbocycles. The van der Waals surface area contributed by atoms with Gasteiger partial charge in [0.1, 0.15) is 5.58 Å². The largest absolute Gasteiger partial charge is 0.464 e. The predicted molar refractivity (Wildman–Crippen MR) is 85.3 cm³/mol. The highest BCUT2D eigenvalue weighted by Crippen LogP contribution is 2.30. The van der Waals surface area contributed by atoms with E-state index in [0.717, 1.165) is 27.3 Å². The van der Waals surface area contributed by atoms with Crippen LogP contribution < -0.4 is 5.32 Å². The number of hydrogen-bond acceptors (Lipinski definition) is 2. The van der Waals surface area contributed by atoms with E-state index in [1.807, 2.05) is 45.0 Å². The van der Waals surface area contributed by atoms with E-state index in [0.29, 0.717) is 6.42 Å². The van der Waals surface area contributed by atoms with Gasteiger partial charge in [-0.05, 0) is 37.6 Å². The molecule has 0 unspecified atom stereocenters. The molecule has 0 saturated carbocycles. The standard InChI is InChI=1S/C18H19NO2/c1-18(2,3)19-16(20)10-13-11-21-15-9-8-12-6-4-5-7-14(12)17(13)15/h4-9,11H,10H2,1-3H3,(H,19,20). The van der Waals surface area contributed by atoms with Gasteiger partial charge in [0.15, 0.2) is 0 Å². The fourth-order valence-corrected chi connectivity index (χ4v) is 2.64. The van der Waals surface area contributed by atoms with Gasteiger partial charge in [0.2, 0.25) is 5.91 Å². The number of benzene rings is 2. The van der Waals surface area contributed by atoms with E-state index in [-0.39, 0.29) is 11.4 Å². The third kappa shape index (κ3) is 2.77. The molecule has 0 fully saturated rings. The zero-order chi connectivity index (χ0) is 15.0. The van der Waals surface area contributed by atoms with Crippen LogP contribution in [0.25, 0.3) is 21.7 Å². The van der Waals surface area contributed by atoms with Crippen molar-refractivity contribution in [3.63, 3.8) is 0 Å². The molecule has 3 aromatic rings. The average molecular weight is 281 g/mol. The molecule has 1 amide bonds. The number of nitrogens with one attached hydrogen (secondary N) is 1. The molecule has 3 nitrogen and oxygen atoms in total. The van der Waals surface area contributed by atoms with E-state index in [4.69, 9.17) is 4.42 Å². The van der Waals surface area contributed by atoms with Crippen LogP contribution in [0.5, 0.6) is 0 Å². The zero-order valence-electron chi connectivity index (χ0n) is 12.6. The average Bonchev–Trinajstić information content (AvgIpc) is 2.80. The summed E-state index contributed by atoms with van der Waals surface area (Å²) < 4.78 is 5.61. The molecular weight excluding hydrogens is 262 g/mol. The number of hydrogen-bond donors (Lipinski definition) is 1. The Morgan fingerprint density at radius 1 is 1.14 bits per heavy atom.